The maximum absolute atomic E-state index is 11.0. The number of nitrogens with zero attached hydrogens (tertiary/aromatic N) is 1. The van der Waals surface area contributed by atoms with Crippen LogP contribution in [0.5, 0.6) is 0 Å². The van der Waals surface area contributed by atoms with Gasteiger partial charge in [-0.1, -0.05) is 0 Å². The third-order valence-corrected chi connectivity index (χ3v) is 1.79. The molecule has 4 N–H and O–H groups in total. The van der Waals surface area contributed by atoms with Crippen molar-refractivity contribution in [3.05, 3.63) is 0 Å². The number of aliphatic hydroxyl groups excluding tert-OH is 1. The van der Waals surface area contributed by atoms with Gasteiger partial charge in [-0.05, 0) is 0 Å². The van der Waals surface area contributed by atoms with E-state index < -0.39 is 18.7 Å². The monoisotopic (exact) mass is 173 g/mol. The first kappa shape index (κ1) is 8.79. The van der Waals surface area contributed by atoms with Crippen molar-refractivity contribution in [3.63, 3.8) is 0 Å². The highest BCUT2D eigenvalue weighted by atomic mass is 16.3. The molecule has 0 aromatic carbocycles. The van der Waals surface area contributed by atoms with Crippen LogP contribution in [0.3, 0.4) is 0 Å². The van der Waals surface area contributed by atoms with E-state index in [4.69, 9.17) is 10.8 Å². The molecule has 6 nitrogen and oxygen atoms in total. The minimum Gasteiger partial charge on any atom is -0.394 e. The van der Waals surface area contributed by atoms with Gasteiger partial charge in [0.1, 0.15) is 6.04 Å². The SMILES string of the molecule is NC(=O)N1CCNC(=O)C1CO. The number of piperazine rings is 1. The van der Waals surface area contributed by atoms with Gasteiger partial charge in [0.05, 0.1) is 6.61 Å². The topological polar surface area (TPSA) is 95.7 Å². The molecule has 1 saturated heterocycles. The highest BCUT2D eigenvalue weighted by Crippen LogP contribution is 2.02. The molecule has 12 heavy (non-hydrogen) atoms. The summed E-state index contributed by atoms with van der Waals surface area (Å²) in [5.74, 6) is -0.359. The minimum absolute atomic E-state index is 0.353. The smallest absolute Gasteiger partial charge is 0.315 e. The third kappa shape index (κ3) is 1.48. The fourth-order valence-electron chi connectivity index (χ4n) is 1.16. The van der Waals surface area contributed by atoms with Crippen LogP contribution in [0.2, 0.25) is 0 Å². The lowest BCUT2D eigenvalue weighted by atomic mass is 10.2. The van der Waals surface area contributed by atoms with Crippen molar-refractivity contribution < 1.29 is 14.7 Å². The lowest BCUT2D eigenvalue weighted by Crippen LogP contribution is -2.59. The van der Waals surface area contributed by atoms with Gasteiger partial charge in [-0.25, -0.2) is 4.79 Å². The Morgan fingerprint density at radius 1 is 1.83 bits per heavy atom. The Kier molecular flexibility index (Phi) is 2.49. The van der Waals surface area contributed by atoms with Gasteiger partial charge in [0.2, 0.25) is 5.91 Å². The van der Waals surface area contributed by atoms with E-state index in [0.717, 1.165) is 4.90 Å². The van der Waals surface area contributed by atoms with E-state index in [-0.39, 0.29) is 5.91 Å². The fraction of sp³-hybridized carbons (Fsp3) is 0.667. The van der Waals surface area contributed by atoms with E-state index in [1.54, 1.807) is 0 Å². The highest BCUT2D eigenvalue weighted by molar-refractivity contribution is 5.87. The average Bonchev–Trinajstić information content (AvgIpc) is 2.03. The van der Waals surface area contributed by atoms with Crippen LogP contribution in [0.15, 0.2) is 0 Å². The van der Waals surface area contributed by atoms with E-state index in [9.17, 15) is 9.59 Å². The van der Waals surface area contributed by atoms with Crippen LogP contribution in [0, 0.1) is 0 Å². The molecular weight excluding hydrogens is 162 g/mol. The van der Waals surface area contributed by atoms with Crippen molar-refractivity contribution in [2.24, 2.45) is 5.73 Å². The number of carbonyl (C=O) groups is 2. The number of amides is 3. The number of aliphatic hydroxyl groups is 1. The lowest BCUT2D eigenvalue weighted by Gasteiger charge is -2.32. The zero-order valence-electron chi connectivity index (χ0n) is 6.49. The van der Waals surface area contributed by atoms with Crippen molar-refractivity contribution in [1.82, 2.24) is 10.2 Å². The molecule has 0 aromatic heterocycles. The summed E-state index contributed by atoms with van der Waals surface area (Å²) >= 11 is 0. The average molecular weight is 173 g/mol. The molecule has 1 aliphatic heterocycles. The fourth-order valence-corrected chi connectivity index (χ4v) is 1.16. The van der Waals surface area contributed by atoms with E-state index >= 15 is 0 Å². The van der Waals surface area contributed by atoms with Crippen LogP contribution in [0.4, 0.5) is 4.79 Å². The highest BCUT2D eigenvalue weighted by Gasteiger charge is 2.30. The number of nitrogens with two attached hydrogens (primary N) is 1. The molecule has 0 aliphatic carbocycles. The molecule has 0 radical (unpaired) electrons. The van der Waals surface area contributed by atoms with Crippen LogP contribution in [-0.4, -0.2) is 47.7 Å². The first-order chi connectivity index (χ1) is 5.66. The zero-order chi connectivity index (χ0) is 9.14. The predicted octanol–water partition coefficient (Wildman–Crippen LogP) is -2.14. The Morgan fingerprint density at radius 2 is 2.50 bits per heavy atom. The number of primary amides is 1. The van der Waals surface area contributed by atoms with Gasteiger partial charge in [-0.3, -0.25) is 4.79 Å². The molecular formula is C6H11N3O3. The standard InChI is InChI=1S/C6H11N3O3/c7-6(12)9-2-1-8-5(11)4(9)3-10/h4,10H,1-3H2,(H2,7,12)(H,8,11). The minimum atomic E-state index is -0.823. The van der Waals surface area contributed by atoms with Gasteiger partial charge in [0, 0.05) is 13.1 Å². The first-order valence-electron chi connectivity index (χ1n) is 3.61. The van der Waals surface area contributed by atoms with Gasteiger partial charge in [0.25, 0.3) is 0 Å². The van der Waals surface area contributed by atoms with Crippen molar-refractivity contribution >= 4 is 11.9 Å². The van der Waals surface area contributed by atoms with Crippen LogP contribution >= 0.6 is 0 Å². The van der Waals surface area contributed by atoms with Gasteiger partial charge in [0.15, 0.2) is 0 Å². The molecule has 3 amide bonds. The number of nitrogens with one attached hydrogen (secondary N) is 1. The summed E-state index contributed by atoms with van der Waals surface area (Å²) in [5, 5.41) is 11.3. The maximum atomic E-state index is 11.0. The van der Waals surface area contributed by atoms with Gasteiger partial charge < -0.3 is 21.1 Å². The Morgan fingerprint density at radius 3 is 2.92 bits per heavy atom. The molecule has 6 heteroatoms. The van der Waals surface area contributed by atoms with Crippen molar-refractivity contribution in [2.75, 3.05) is 19.7 Å². The van der Waals surface area contributed by atoms with E-state index in [1.807, 2.05) is 0 Å². The summed E-state index contributed by atoms with van der Waals surface area (Å²) in [7, 11) is 0. The normalized spacial score (nSPS) is 23.6. The molecule has 1 aliphatic rings. The summed E-state index contributed by atoms with van der Waals surface area (Å²) in [5.41, 5.74) is 4.99. The van der Waals surface area contributed by atoms with Gasteiger partial charge in [-0.2, -0.15) is 0 Å². The number of hydrogen-bond donors (Lipinski definition) is 3. The Balaban J connectivity index is 2.70. The molecule has 1 fully saturated rings. The van der Waals surface area contributed by atoms with Crippen LogP contribution in [-0.2, 0) is 4.79 Å². The molecule has 1 unspecified atom stereocenters. The molecule has 0 spiro atoms. The van der Waals surface area contributed by atoms with Crippen molar-refractivity contribution in [2.45, 2.75) is 6.04 Å². The molecule has 1 rings (SSSR count). The summed E-state index contributed by atoms with van der Waals surface area (Å²) in [6, 6.07) is -1.50. The van der Waals surface area contributed by atoms with E-state index in [2.05, 4.69) is 5.32 Å². The van der Waals surface area contributed by atoms with Gasteiger partial charge in [-0.15, -0.1) is 0 Å². The second-order valence-corrected chi connectivity index (χ2v) is 2.52. The number of hydrogen-bond acceptors (Lipinski definition) is 3. The summed E-state index contributed by atoms with van der Waals surface area (Å²) < 4.78 is 0. The third-order valence-electron chi connectivity index (χ3n) is 1.79. The number of carbonyl (C=O) groups excluding carboxylic acids is 2. The largest absolute Gasteiger partial charge is 0.394 e. The number of urea groups is 1. The summed E-state index contributed by atoms with van der Waals surface area (Å²) in [6.07, 6.45) is 0. The van der Waals surface area contributed by atoms with E-state index in [1.165, 1.54) is 0 Å². The van der Waals surface area contributed by atoms with Crippen molar-refractivity contribution in [3.8, 4) is 0 Å². The molecule has 1 atom stereocenters. The zero-order valence-corrected chi connectivity index (χ0v) is 6.49. The summed E-state index contributed by atoms with van der Waals surface area (Å²) in [4.78, 5) is 22.9. The quantitative estimate of drug-likeness (QED) is 0.422. The molecule has 0 bridgehead atoms. The second kappa shape index (κ2) is 3.40. The Labute approximate surface area is 69.3 Å². The van der Waals surface area contributed by atoms with Crippen molar-refractivity contribution in [1.29, 1.82) is 0 Å². The summed E-state index contributed by atoms with van der Waals surface area (Å²) in [6.45, 7) is 0.347. The van der Waals surface area contributed by atoms with E-state index in [0.29, 0.717) is 13.1 Å². The van der Waals surface area contributed by atoms with Gasteiger partial charge >= 0.3 is 6.03 Å². The predicted molar refractivity (Wildman–Crippen MR) is 40.2 cm³/mol. The second-order valence-electron chi connectivity index (χ2n) is 2.52. The molecule has 0 saturated carbocycles. The Bertz CT molecular complexity index is 206. The Hall–Kier alpha value is -1.30. The van der Waals surface area contributed by atoms with Crippen LogP contribution in [0.1, 0.15) is 0 Å². The molecule has 0 aromatic rings. The number of rotatable bonds is 1. The maximum Gasteiger partial charge on any atom is 0.315 e. The molecule has 1 heterocycles. The van der Waals surface area contributed by atoms with Crippen LogP contribution < -0.4 is 11.1 Å². The first-order valence-corrected chi connectivity index (χ1v) is 3.61. The molecule has 68 valence electrons. The lowest BCUT2D eigenvalue weighted by molar-refractivity contribution is -0.128. The van der Waals surface area contributed by atoms with Crippen LogP contribution in [0.25, 0.3) is 0 Å².